The Morgan fingerprint density at radius 1 is 1.22 bits per heavy atom. The van der Waals surface area contributed by atoms with Gasteiger partial charge in [0, 0.05) is 52.9 Å². The smallest absolute Gasteiger partial charge is 0.193 e. The number of para-hydroxylation sites is 1. The number of rotatable bonds is 8. The third-order valence-corrected chi connectivity index (χ3v) is 5.05. The molecule has 1 N–H and O–H groups in total. The van der Waals surface area contributed by atoms with E-state index in [9.17, 15) is 0 Å². The number of piperazine rings is 1. The summed E-state index contributed by atoms with van der Waals surface area (Å²) in [6.45, 7) is 12.7. The second-order valence-corrected chi connectivity index (χ2v) is 6.83. The average Bonchev–Trinajstić information content (AvgIpc) is 2.69. The summed E-state index contributed by atoms with van der Waals surface area (Å²) in [4.78, 5) is 11.6. The van der Waals surface area contributed by atoms with Crippen molar-refractivity contribution in [2.75, 3.05) is 66.5 Å². The fourth-order valence-corrected chi connectivity index (χ4v) is 3.20. The molecule has 0 saturated carbocycles. The zero-order valence-corrected chi connectivity index (χ0v) is 19.6. The molecule has 154 valence electrons. The zero-order valence-electron chi connectivity index (χ0n) is 17.2. The molecule has 27 heavy (non-hydrogen) atoms. The Bertz CT molecular complexity index is 534. The van der Waals surface area contributed by atoms with E-state index in [0.717, 1.165) is 44.4 Å². The van der Waals surface area contributed by atoms with E-state index in [1.54, 1.807) is 0 Å². The Morgan fingerprint density at radius 2 is 1.89 bits per heavy atom. The summed E-state index contributed by atoms with van der Waals surface area (Å²) in [7, 11) is 3.88. The summed E-state index contributed by atoms with van der Waals surface area (Å²) < 4.78 is 5.78. The molecule has 0 radical (unpaired) electrons. The van der Waals surface area contributed by atoms with Gasteiger partial charge in [-0.25, -0.2) is 0 Å². The van der Waals surface area contributed by atoms with Crippen molar-refractivity contribution in [1.29, 1.82) is 0 Å². The Labute approximate surface area is 182 Å². The molecule has 1 saturated heterocycles. The number of benzene rings is 1. The van der Waals surface area contributed by atoms with Crippen molar-refractivity contribution in [3.63, 3.8) is 0 Å². The second-order valence-electron chi connectivity index (χ2n) is 6.83. The SMILES string of the molecule is CCN1CCN(C(C)CNC(=NC)N(C)CCOc2ccccc2)CC1.I. The zero-order chi connectivity index (χ0) is 18.8. The van der Waals surface area contributed by atoms with E-state index < -0.39 is 0 Å². The number of halogens is 1. The Morgan fingerprint density at radius 3 is 2.48 bits per heavy atom. The summed E-state index contributed by atoms with van der Waals surface area (Å²) in [6.07, 6.45) is 0. The summed E-state index contributed by atoms with van der Waals surface area (Å²) >= 11 is 0. The lowest BCUT2D eigenvalue weighted by atomic mass is 10.2. The molecule has 0 amide bonds. The van der Waals surface area contributed by atoms with E-state index in [2.05, 4.69) is 38.9 Å². The van der Waals surface area contributed by atoms with Crippen LogP contribution in [0.3, 0.4) is 0 Å². The lowest BCUT2D eigenvalue weighted by Crippen LogP contribution is -2.53. The molecule has 1 aromatic rings. The molecular formula is C20H36IN5O. The number of hydrogen-bond acceptors (Lipinski definition) is 4. The first kappa shape index (κ1) is 24.0. The summed E-state index contributed by atoms with van der Waals surface area (Å²) in [6, 6.07) is 10.4. The Balaban J connectivity index is 0.00000364. The number of ether oxygens (including phenoxy) is 1. The predicted molar refractivity (Wildman–Crippen MR) is 124 cm³/mol. The van der Waals surface area contributed by atoms with E-state index >= 15 is 0 Å². The number of hydrogen-bond donors (Lipinski definition) is 1. The maximum Gasteiger partial charge on any atom is 0.193 e. The van der Waals surface area contributed by atoms with Gasteiger partial charge in [0.05, 0.1) is 6.54 Å². The molecule has 7 heteroatoms. The van der Waals surface area contributed by atoms with Gasteiger partial charge in [-0.1, -0.05) is 25.1 Å². The quantitative estimate of drug-likeness (QED) is 0.345. The minimum atomic E-state index is 0. The van der Waals surface area contributed by atoms with Crippen molar-refractivity contribution in [3.05, 3.63) is 30.3 Å². The number of nitrogens with zero attached hydrogens (tertiary/aromatic N) is 4. The third-order valence-electron chi connectivity index (χ3n) is 5.05. The van der Waals surface area contributed by atoms with Crippen molar-refractivity contribution in [2.24, 2.45) is 4.99 Å². The van der Waals surface area contributed by atoms with Gasteiger partial charge < -0.3 is 19.9 Å². The highest BCUT2D eigenvalue weighted by Crippen LogP contribution is 2.08. The van der Waals surface area contributed by atoms with Crippen LogP contribution in [0.1, 0.15) is 13.8 Å². The topological polar surface area (TPSA) is 43.3 Å². The highest BCUT2D eigenvalue weighted by Gasteiger charge is 2.20. The molecule has 1 atom stereocenters. The van der Waals surface area contributed by atoms with Gasteiger partial charge in [-0.05, 0) is 25.6 Å². The maximum absolute atomic E-state index is 5.78. The fourth-order valence-electron chi connectivity index (χ4n) is 3.20. The molecule has 1 fully saturated rings. The number of aliphatic imine (C=N–C) groups is 1. The normalized spacial score (nSPS) is 17.1. The van der Waals surface area contributed by atoms with Gasteiger partial charge in [0.25, 0.3) is 0 Å². The lowest BCUT2D eigenvalue weighted by Gasteiger charge is -2.38. The molecule has 0 aromatic heterocycles. The lowest BCUT2D eigenvalue weighted by molar-refractivity contribution is 0.107. The summed E-state index contributed by atoms with van der Waals surface area (Å²) in [5.41, 5.74) is 0. The van der Waals surface area contributed by atoms with Gasteiger partial charge in [0.2, 0.25) is 0 Å². The van der Waals surface area contributed by atoms with Crippen LogP contribution in [0.15, 0.2) is 35.3 Å². The molecule has 0 spiro atoms. The molecule has 1 heterocycles. The van der Waals surface area contributed by atoms with E-state index in [-0.39, 0.29) is 24.0 Å². The van der Waals surface area contributed by atoms with E-state index in [0.29, 0.717) is 12.6 Å². The largest absolute Gasteiger partial charge is 0.492 e. The minimum Gasteiger partial charge on any atom is -0.492 e. The highest BCUT2D eigenvalue weighted by molar-refractivity contribution is 14.0. The van der Waals surface area contributed by atoms with Crippen molar-refractivity contribution in [1.82, 2.24) is 20.0 Å². The molecule has 0 bridgehead atoms. The second kappa shape index (κ2) is 13.2. The van der Waals surface area contributed by atoms with Crippen LogP contribution in [0.2, 0.25) is 0 Å². The number of guanidine groups is 1. The van der Waals surface area contributed by atoms with Gasteiger partial charge in [-0.15, -0.1) is 24.0 Å². The molecular weight excluding hydrogens is 453 g/mol. The summed E-state index contributed by atoms with van der Waals surface area (Å²) in [5.74, 6) is 1.82. The van der Waals surface area contributed by atoms with Crippen molar-refractivity contribution < 1.29 is 4.74 Å². The van der Waals surface area contributed by atoms with E-state index in [4.69, 9.17) is 4.74 Å². The van der Waals surface area contributed by atoms with Crippen LogP contribution in [0.25, 0.3) is 0 Å². The molecule has 6 nitrogen and oxygen atoms in total. The average molecular weight is 489 g/mol. The molecule has 0 aliphatic carbocycles. The van der Waals surface area contributed by atoms with Gasteiger partial charge in [0.1, 0.15) is 12.4 Å². The van der Waals surface area contributed by atoms with Crippen LogP contribution in [-0.4, -0.2) is 93.2 Å². The predicted octanol–water partition coefficient (Wildman–Crippen LogP) is 2.22. The van der Waals surface area contributed by atoms with Gasteiger partial charge in [-0.2, -0.15) is 0 Å². The summed E-state index contributed by atoms with van der Waals surface area (Å²) in [5, 5.41) is 3.51. The van der Waals surface area contributed by atoms with Gasteiger partial charge >= 0.3 is 0 Å². The Hall–Kier alpha value is -1.06. The van der Waals surface area contributed by atoms with Gasteiger partial charge in [-0.3, -0.25) is 9.89 Å². The molecule has 1 aliphatic heterocycles. The highest BCUT2D eigenvalue weighted by atomic mass is 127. The van der Waals surface area contributed by atoms with Crippen LogP contribution in [0.5, 0.6) is 5.75 Å². The molecule has 1 aromatic carbocycles. The monoisotopic (exact) mass is 489 g/mol. The van der Waals surface area contributed by atoms with Crippen molar-refractivity contribution in [2.45, 2.75) is 19.9 Å². The third kappa shape index (κ3) is 8.23. The number of nitrogens with one attached hydrogen (secondary N) is 1. The van der Waals surface area contributed by atoms with Crippen molar-refractivity contribution in [3.8, 4) is 5.75 Å². The first-order chi connectivity index (χ1) is 12.6. The molecule has 1 unspecified atom stereocenters. The van der Waals surface area contributed by atoms with Crippen LogP contribution in [0.4, 0.5) is 0 Å². The first-order valence-corrected chi connectivity index (χ1v) is 9.70. The van der Waals surface area contributed by atoms with Crippen LogP contribution in [-0.2, 0) is 0 Å². The van der Waals surface area contributed by atoms with Crippen LogP contribution < -0.4 is 10.1 Å². The van der Waals surface area contributed by atoms with Gasteiger partial charge in [0.15, 0.2) is 5.96 Å². The maximum atomic E-state index is 5.78. The number of likely N-dealkylation sites (N-methyl/N-ethyl adjacent to an activating group) is 2. The Kier molecular flexibility index (Phi) is 11.7. The van der Waals surface area contributed by atoms with Crippen LogP contribution in [0, 0.1) is 0 Å². The van der Waals surface area contributed by atoms with Crippen LogP contribution >= 0.6 is 24.0 Å². The molecule has 1 aliphatic rings. The van der Waals surface area contributed by atoms with E-state index in [1.165, 1.54) is 13.1 Å². The molecule has 2 rings (SSSR count). The fraction of sp³-hybridized carbons (Fsp3) is 0.650. The minimum absolute atomic E-state index is 0. The van der Waals surface area contributed by atoms with Crippen molar-refractivity contribution >= 4 is 29.9 Å². The first-order valence-electron chi connectivity index (χ1n) is 9.70. The standard InChI is InChI=1S/C20H35N5O.HI/c1-5-24-11-13-25(14-12-24)18(2)17-22-20(21-3)23(4)15-16-26-19-9-7-6-8-10-19;/h6-10,18H,5,11-17H2,1-4H3,(H,21,22);1H. The van der Waals surface area contributed by atoms with E-state index in [1.807, 2.05) is 44.4 Å².